The Hall–Kier alpha value is -1.14. The molecule has 6 heteroatoms. The molecule has 1 heterocycles. The normalized spacial score (nSPS) is 25.4. The van der Waals surface area contributed by atoms with E-state index in [1.807, 2.05) is 13.8 Å². The van der Waals surface area contributed by atoms with Crippen LogP contribution in [0.2, 0.25) is 0 Å². The number of sulfonamides is 1. The van der Waals surface area contributed by atoms with Gasteiger partial charge < -0.3 is 5.73 Å². The quantitative estimate of drug-likeness (QED) is 0.847. The largest absolute Gasteiger partial charge is 0.398 e. The maximum Gasteiger partial charge on any atom is 0.245 e. The van der Waals surface area contributed by atoms with Crippen molar-refractivity contribution in [3.05, 3.63) is 24.0 Å². The number of hydrogen-bond acceptors (Lipinski definition) is 3. The van der Waals surface area contributed by atoms with Gasteiger partial charge in [0.25, 0.3) is 0 Å². The Labute approximate surface area is 113 Å². The summed E-state index contributed by atoms with van der Waals surface area (Å²) >= 11 is 0. The molecule has 4 nitrogen and oxygen atoms in total. The van der Waals surface area contributed by atoms with E-state index >= 15 is 0 Å². The summed E-state index contributed by atoms with van der Waals surface area (Å²) in [7, 11) is -3.71. The average molecular weight is 286 g/mol. The fourth-order valence-corrected chi connectivity index (χ4v) is 4.48. The molecular formula is C13H19FN2O2S. The first-order valence-corrected chi connectivity index (χ1v) is 7.80. The lowest BCUT2D eigenvalue weighted by molar-refractivity contribution is 0.222. The van der Waals surface area contributed by atoms with Crippen LogP contribution in [0, 0.1) is 17.7 Å². The highest BCUT2D eigenvalue weighted by Gasteiger charge is 2.32. The first-order valence-electron chi connectivity index (χ1n) is 6.36. The minimum atomic E-state index is -3.71. The van der Waals surface area contributed by atoms with Crippen LogP contribution in [0.1, 0.15) is 20.3 Å². The Morgan fingerprint density at radius 2 is 1.84 bits per heavy atom. The van der Waals surface area contributed by atoms with E-state index in [2.05, 4.69) is 0 Å². The van der Waals surface area contributed by atoms with Crippen LogP contribution in [0.25, 0.3) is 0 Å². The minimum absolute atomic E-state index is 0.0901. The molecular weight excluding hydrogens is 267 g/mol. The molecule has 2 rings (SSSR count). The third-order valence-electron chi connectivity index (χ3n) is 3.43. The highest BCUT2D eigenvalue weighted by atomic mass is 32.2. The highest BCUT2D eigenvalue weighted by Crippen LogP contribution is 2.29. The predicted molar refractivity (Wildman–Crippen MR) is 72.5 cm³/mol. The summed E-state index contributed by atoms with van der Waals surface area (Å²) in [5.41, 5.74) is 5.77. The topological polar surface area (TPSA) is 63.4 Å². The molecule has 2 atom stereocenters. The molecule has 106 valence electrons. The van der Waals surface area contributed by atoms with Gasteiger partial charge in [-0.25, -0.2) is 12.8 Å². The van der Waals surface area contributed by atoms with E-state index in [4.69, 9.17) is 5.73 Å². The van der Waals surface area contributed by atoms with E-state index < -0.39 is 15.8 Å². The lowest BCUT2D eigenvalue weighted by atomic mass is 9.94. The summed E-state index contributed by atoms with van der Waals surface area (Å²) in [6.45, 7) is 4.96. The molecule has 0 aliphatic carbocycles. The van der Waals surface area contributed by atoms with E-state index in [1.165, 1.54) is 10.4 Å². The second-order valence-electron chi connectivity index (χ2n) is 5.45. The second-order valence-corrected chi connectivity index (χ2v) is 7.36. The second kappa shape index (κ2) is 5.09. The lowest BCUT2D eigenvalue weighted by Gasteiger charge is -2.34. The SMILES string of the molecule is CC1CC(C)CN(S(=O)(=O)c2cc(F)ccc2N)C1. The van der Waals surface area contributed by atoms with Crippen molar-refractivity contribution >= 4 is 15.7 Å². The first-order chi connectivity index (χ1) is 8.80. The summed E-state index contributed by atoms with van der Waals surface area (Å²) in [6.07, 6.45) is 1.00. The Balaban J connectivity index is 2.39. The van der Waals surface area contributed by atoms with Crippen LogP contribution in [0.4, 0.5) is 10.1 Å². The van der Waals surface area contributed by atoms with Crippen LogP contribution in [0.3, 0.4) is 0 Å². The fourth-order valence-electron chi connectivity index (χ4n) is 2.67. The van der Waals surface area contributed by atoms with Gasteiger partial charge in [-0.3, -0.25) is 0 Å². The van der Waals surface area contributed by atoms with Crippen molar-refractivity contribution in [1.29, 1.82) is 0 Å². The minimum Gasteiger partial charge on any atom is -0.398 e. The number of nitrogen functional groups attached to an aromatic ring is 1. The van der Waals surface area contributed by atoms with Crippen molar-refractivity contribution in [2.24, 2.45) is 11.8 Å². The summed E-state index contributed by atoms with van der Waals surface area (Å²) in [4.78, 5) is -0.131. The summed E-state index contributed by atoms with van der Waals surface area (Å²) in [5.74, 6) is 0.00694. The Morgan fingerprint density at radius 1 is 1.26 bits per heavy atom. The number of rotatable bonds is 2. The molecule has 19 heavy (non-hydrogen) atoms. The van der Waals surface area contributed by atoms with Gasteiger partial charge >= 0.3 is 0 Å². The van der Waals surface area contributed by atoms with E-state index in [-0.39, 0.29) is 10.6 Å². The molecule has 0 spiro atoms. The van der Waals surface area contributed by atoms with Crippen LogP contribution >= 0.6 is 0 Å². The standard InChI is InChI=1S/C13H19FN2O2S/c1-9-5-10(2)8-16(7-9)19(17,18)13-6-11(14)3-4-12(13)15/h3-4,6,9-10H,5,7-8,15H2,1-2H3. The van der Waals surface area contributed by atoms with Crippen LogP contribution in [-0.4, -0.2) is 25.8 Å². The predicted octanol–water partition coefficient (Wildman–Crippen LogP) is 2.07. The van der Waals surface area contributed by atoms with Crippen molar-refractivity contribution in [2.45, 2.75) is 25.2 Å². The third kappa shape index (κ3) is 2.90. The number of anilines is 1. The Morgan fingerprint density at radius 3 is 2.42 bits per heavy atom. The van der Waals surface area contributed by atoms with Crippen molar-refractivity contribution in [2.75, 3.05) is 18.8 Å². The van der Waals surface area contributed by atoms with Crippen LogP contribution in [0.15, 0.2) is 23.1 Å². The van der Waals surface area contributed by atoms with Gasteiger partial charge in [0.2, 0.25) is 10.0 Å². The van der Waals surface area contributed by atoms with Gasteiger partial charge in [0.15, 0.2) is 0 Å². The molecule has 1 aromatic carbocycles. The van der Waals surface area contributed by atoms with Gasteiger partial charge in [-0.1, -0.05) is 13.8 Å². The first kappa shape index (κ1) is 14.3. The number of nitrogens with two attached hydrogens (primary N) is 1. The van der Waals surface area contributed by atoms with Crippen molar-refractivity contribution in [3.8, 4) is 0 Å². The molecule has 2 unspecified atom stereocenters. The fraction of sp³-hybridized carbons (Fsp3) is 0.538. The van der Waals surface area contributed by atoms with Gasteiger partial charge in [0.1, 0.15) is 10.7 Å². The van der Waals surface area contributed by atoms with Crippen molar-refractivity contribution in [3.63, 3.8) is 0 Å². The number of piperidine rings is 1. The van der Waals surface area contributed by atoms with Gasteiger partial charge in [0.05, 0.1) is 5.69 Å². The zero-order valence-corrected chi connectivity index (χ0v) is 12.0. The number of halogens is 1. The maximum atomic E-state index is 13.3. The van der Waals surface area contributed by atoms with Crippen LogP contribution in [0.5, 0.6) is 0 Å². The van der Waals surface area contributed by atoms with Gasteiger partial charge in [-0.15, -0.1) is 0 Å². The van der Waals surface area contributed by atoms with Crippen molar-refractivity contribution in [1.82, 2.24) is 4.31 Å². The third-order valence-corrected chi connectivity index (χ3v) is 5.32. The summed E-state index contributed by atoms with van der Waals surface area (Å²) < 4.78 is 39.7. The zero-order valence-electron chi connectivity index (χ0n) is 11.1. The molecule has 2 N–H and O–H groups in total. The molecule has 0 bridgehead atoms. The van der Waals surface area contributed by atoms with E-state index in [0.29, 0.717) is 24.9 Å². The molecule has 1 saturated heterocycles. The molecule has 1 fully saturated rings. The molecule has 0 radical (unpaired) electrons. The Kier molecular flexibility index (Phi) is 3.82. The smallest absolute Gasteiger partial charge is 0.245 e. The lowest BCUT2D eigenvalue weighted by Crippen LogP contribution is -2.42. The highest BCUT2D eigenvalue weighted by molar-refractivity contribution is 7.89. The average Bonchev–Trinajstić information content (AvgIpc) is 2.31. The number of benzene rings is 1. The summed E-state index contributed by atoms with van der Waals surface area (Å²) in [5, 5.41) is 0. The van der Waals surface area contributed by atoms with Crippen molar-refractivity contribution < 1.29 is 12.8 Å². The van der Waals surface area contributed by atoms with Gasteiger partial charge in [-0.2, -0.15) is 4.31 Å². The molecule has 1 aliphatic heterocycles. The van der Waals surface area contributed by atoms with E-state index in [0.717, 1.165) is 18.6 Å². The molecule has 0 saturated carbocycles. The maximum absolute atomic E-state index is 13.3. The molecule has 0 amide bonds. The van der Waals surface area contributed by atoms with Crippen LogP contribution < -0.4 is 5.73 Å². The number of hydrogen-bond donors (Lipinski definition) is 1. The Bertz CT molecular complexity index is 564. The summed E-state index contributed by atoms with van der Waals surface area (Å²) in [6, 6.07) is 3.45. The van der Waals surface area contributed by atoms with E-state index in [1.54, 1.807) is 0 Å². The van der Waals surface area contributed by atoms with Gasteiger partial charge in [0, 0.05) is 13.1 Å². The van der Waals surface area contributed by atoms with Crippen LogP contribution in [-0.2, 0) is 10.0 Å². The van der Waals surface area contributed by atoms with Gasteiger partial charge in [-0.05, 0) is 36.5 Å². The zero-order chi connectivity index (χ0) is 14.2. The molecule has 0 aromatic heterocycles. The number of nitrogens with zero attached hydrogens (tertiary/aromatic N) is 1. The monoisotopic (exact) mass is 286 g/mol. The van der Waals surface area contributed by atoms with E-state index in [9.17, 15) is 12.8 Å². The molecule has 1 aromatic rings. The molecule has 1 aliphatic rings.